The highest BCUT2D eigenvalue weighted by Crippen LogP contribution is 2.32. The first-order chi connectivity index (χ1) is 14.1. The molecule has 0 aliphatic carbocycles. The molecule has 2 heterocycles. The number of rotatable bonds is 6. The van der Waals surface area contributed by atoms with Crippen LogP contribution in [0.3, 0.4) is 0 Å². The number of thiazole rings is 1. The van der Waals surface area contributed by atoms with Gasteiger partial charge in [-0.25, -0.2) is 4.98 Å². The first kappa shape index (κ1) is 18.8. The lowest BCUT2D eigenvalue weighted by molar-refractivity contribution is -0.118. The summed E-state index contributed by atoms with van der Waals surface area (Å²) >= 11 is 1.28. The second kappa shape index (κ2) is 8.24. The smallest absolute Gasteiger partial charge is 0.270 e. The van der Waals surface area contributed by atoms with Crippen LogP contribution in [0.4, 0.5) is 5.13 Å². The number of aryl methyl sites for hydroxylation is 2. The molecule has 2 aromatic heterocycles. The Bertz CT molecular complexity index is 1120. The third-order valence-electron chi connectivity index (χ3n) is 4.09. The van der Waals surface area contributed by atoms with Crippen LogP contribution in [-0.2, 0) is 4.79 Å². The van der Waals surface area contributed by atoms with Gasteiger partial charge in [0.1, 0.15) is 10.6 Å². The summed E-state index contributed by atoms with van der Waals surface area (Å²) < 4.78 is 10.9. The second-order valence-corrected chi connectivity index (χ2v) is 7.37. The molecule has 146 valence electrons. The second-order valence-electron chi connectivity index (χ2n) is 6.37. The maximum atomic E-state index is 12.1. The molecule has 0 spiro atoms. The number of carbonyl (C=O) groups excluding carboxylic acids is 1. The van der Waals surface area contributed by atoms with Gasteiger partial charge in [-0.05, 0) is 26.0 Å². The van der Waals surface area contributed by atoms with E-state index in [1.54, 1.807) is 12.1 Å². The van der Waals surface area contributed by atoms with Gasteiger partial charge >= 0.3 is 0 Å². The van der Waals surface area contributed by atoms with Gasteiger partial charge in [-0.2, -0.15) is 4.98 Å². The summed E-state index contributed by atoms with van der Waals surface area (Å²) in [5.41, 5.74) is 2.74. The van der Waals surface area contributed by atoms with E-state index >= 15 is 0 Å². The Labute approximate surface area is 171 Å². The maximum absolute atomic E-state index is 12.1. The van der Waals surface area contributed by atoms with E-state index in [9.17, 15) is 4.79 Å². The number of aromatic nitrogens is 3. The molecule has 0 unspecified atom stereocenters. The predicted octanol–water partition coefficient (Wildman–Crippen LogP) is 4.49. The van der Waals surface area contributed by atoms with Gasteiger partial charge in [0.15, 0.2) is 11.7 Å². The molecule has 0 atom stereocenters. The molecule has 0 radical (unpaired) electrons. The summed E-state index contributed by atoms with van der Waals surface area (Å²) in [4.78, 5) is 21.7. The van der Waals surface area contributed by atoms with Crippen LogP contribution in [0.25, 0.3) is 22.2 Å². The Morgan fingerprint density at radius 3 is 2.59 bits per heavy atom. The van der Waals surface area contributed by atoms with E-state index < -0.39 is 0 Å². The lowest BCUT2D eigenvalue weighted by Gasteiger charge is -2.05. The SMILES string of the molecule is Cc1ccc(-c2noc(-c3sc(NC(=O)COc4ccccc4)nc3C)n2)cc1. The molecule has 4 rings (SSSR count). The third-order valence-corrected chi connectivity index (χ3v) is 5.15. The summed E-state index contributed by atoms with van der Waals surface area (Å²) in [5, 5.41) is 7.25. The largest absolute Gasteiger partial charge is 0.484 e. The van der Waals surface area contributed by atoms with Gasteiger partial charge in [0, 0.05) is 5.56 Å². The molecule has 1 N–H and O–H groups in total. The van der Waals surface area contributed by atoms with E-state index in [-0.39, 0.29) is 12.5 Å². The minimum absolute atomic E-state index is 0.101. The summed E-state index contributed by atoms with van der Waals surface area (Å²) in [7, 11) is 0. The van der Waals surface area contributed by atoms with Gasteiger partial charge in [-0.3, -0.25) is 10.1 Å². The van der Waals surface area contributed by atoms with E-state index in [0.717, 1.165) is 16.0 Å². The molecule has 1 amide bonds. The van der Waals surface area contributed by atoms with Gasteiger partial charge in [0.05, 0.1) is 5.69 Å². The van der Waals surface area contributed by atoms with E-state index in [2.05, 4.69) is 20.4 Å². The van der Waals surface area contributed by atoms with Gasteiger partial charge in [-0.1, -0.05) is 64.5 Å². The van der Waals surface area contributed by atoms with Crippen LogP contribution in [0.1, 0.15) is 11.3 Å². The first-order valence-electron chi connectivity index (χ1n) is 8.95. The molecule has 0 saturated heterocycles. The Morgan fingerprint density at radius 2 is 1.83 bits per heavy atom. The maximum Gasteiger partial charge on any atom is 0.270 e. The molecular formula is C21H18N4O3S. The fourth-order valence-corrected chi connectivity index (χ4v) is 3.51. The van der Waals surface area contributed by atoms with E-state index in [1.165, 1.54) is 11.3 Å². The van der Waals surface area contributed by atoms with E-state index in [0.29, 0.717) is 28.3 Å². The van der Waals surface area contributed by atoms with Crippen molar-refractivity contribution < 1.29 is 14.1 Å². The van der Waals surface area contributed by atoms with Crippen LogP contribution in [0.15, 0.2) is 59.1 Å². The highest BCUT2D eigenvalue weighted by atomic mass is 32.1. The average Bonchev–Trinajstić information content (AvgIpc) is 3.34. The molecule has 4 aromatic rings. The molecule has 0 aliphatic heterocycles. The quantitative estimate of drug-likeness (QED) is 0.507. The van der Waals surface area contributed by atoms with Crippen LogP contribution in [0.5, 0.6) is 5.75 Å². The summed E-state index contributed by atoms with van der Waals surface area (Å²) in [6, 6.07) is 17.0. The number of carbonyl (C=O) groups is 1. The van der Waals surface area contributed by atoms with Crippen molar-refractivity contribution in [1.29, 1.82) is 0 Å². The Kier molecular flexibility index (Phi) is 5.35. The van der Waals surface area contributed by atoms with E-state index in [4.69, 9.17) is 9.26 Å². The molecule has 8 heteroatoms. The zero-order chi connectivity index (χ0) is 20.2. The fourth-order valence-electron chi connectivity index (χ4n) is 2.60. The lowest BCUT2D eigenvalue weighted by atomic mass is 10.1. The Balaban J connectivity index is 1.44. The normalized spacial score (nSPS) is 10.7. The van der Waals surface area contributed by atoms with Crippen molar-refractivity contribution in [2.24, 2.45) is 0 Å². The van der Waals surface area contributed by atoms with Crippen molar-refractivity contribution in [2.45, 2.75) is 13.8 Å². The number of anilines is 1. The van der Waals surface area contributed by atoms with Gasteiger partial charge in [0.25, 0.3) is 11.8 Å². The number of nitrogens with zero attached hydrogens (tertiary/aromatic N) is 3. The number of ether oxygens (including phenoxy) is 1. The molecule has 7 nitrogen and oxygen atoms in total. The van der Waals surface area contributed by atoms with Crippen LogP contribution in [-0.4, -0.2) is 27.6 Å². The van der Waals surface area contributed by atoms with Gasteiger partial charge in [-0.15, -0.1) is 0 Å². The zero-order valence-electron chi connectivity index (χ0n) is 15.9. The number of para-hydroxylation sites is 1. The van der Waals surface area contributed by atoms with Crippen molar-refractivity contribution in [1.82, 2.24) is 15.1 Å². The fraction of sp³-hybridized carbons (Fsp3) is 0.143. The van der Waals surface area contributed by atoms with Crippen LogP contribution < -0.4 is 10.1 Å². The third kappa shape index (κ3) is 4.49. The van der Waals surface area contributed by atoms with E-state index in [1.807, 2.05) is 56.3 Å². The predicted molar refractivity (Wildman–Crippen MR) is 111 cm³/mol. The standard InChI is InChI=1S/C21H18N4O3S/c1-13-8-10-15(11-9-13)19-24-20(28-25-19)18-14(2)22-21(29-18)23-17(26)12-27-16-6-4-3-5-7-16/h3-11H,12H2,1-2H3,(H,22,23,26). The zero-order valence-corrected chi connectivity index (χ0v) is 16.7. The number of benzene rings is 2. The molecule has 29 heavy (non-hydrogen) atoms. The molecular weight excluding hydrogens is 388 g/mol. The average molecular weight is 406 g/mol. The van der Waals surface area contributed by atoms with Crippen molar-refractivity contribution in [3.63, 3.8) is 0 Å². The van der Waals surface area contributed by atoms with Gasteiger partial charge in [0.2, 0.25) is 5.82 Å². The summed E-state index contributed by atoms with van der Waals surface area (Å²) in [5.74, 6) is 1.22. The van der Waals surface area contributed by atoms with Crippen molar-refractivity contribution in [3.8, 4) is 27.9 Å². The van der Waals surface area contributed by atoms with Gasteiger partial charge < -0.3 is 9.26 Å². The lowest BCUT2D eigenvalue weighted by Crippen LogP contribution is -2.20. The number of hydrogen-bond donors (Lipinski definition) is 1. The monoisotopic (exact) mass is 406 g/mol. The Hall–Kier alpha value is -3.52. The Morgan fingerprint density at radius 1 is 1.07 bits per heavy atom. The minimum Gasteiger partial charge on any atom is -0.484 e. The highest BCUT2D eigenvalue weighted by Gasteiger charge is 2.18. The van der Waals surface area contributed by atoms with Crippen molar-refractivity contribution in [3.05, 3.63) is 65.9 Å². The summed E-state index contributed by atoms with van der Waals surface area (Å²) in [6.45, 7) is 3.75. The van der Waals surface area contributed by atoms with Crippen LogP contribution >= 0.6 is 11.3 Å². The number of amides is 1. The van der Waals surface area contributed by atoms with Crippen LogP contribution in [0.2, 0.25) is 0 Å². The van der Waals surface area contributed by atoms with Crippen LogP contribution in [0, 0.1) is 13.8 Å². The van der Waals surface area contributed by atoms with Crippen molar-refractivity contribution in [2.75, 3.05) is 11.9 Å². The number of nitrogens with one attached hydrogen (secondary N) is 1. The highest BCUT2D eigenvalue weighted by molar-refractivity contribution is 7.19. The summed E-state index contributed by atoms with van der Waals surface area (Å²) in [6.07, 6.45) is 0. The minimum atomic E-state index is -0.292. The number of hydrogen-bond acceptors (Lipinski definition) is 7. The first-order valence-corrected chi connectivity index (χ1v) is 9.76. The van der Waals surface area contributed by atoms with Crippen molar-refractivity contribution >= 4 is 22.4 Å². The molecule has 0 bridgehead atoms. The molecule has 0 fully saturated rings. The molecule has 0 saturated carbocycles. The topological polar surface area (TPSA) is 90.1 Å². The molecule has 0 aliphatic rings. The molecule has 2 aromatic carbocycles.